The van der Waals surface area contributed by atoms with Crippen LogP contribution in [-0.4, -0.2) is 17.6 Å². The van der Waals surface area contributed by atoms with Crippen LogP contribution in [0.25, 0.3) is 0 Å². The standard InChI is InChI=1S/C10H9ClF3NO2/c1-2-17-7(16)3-6-9(11)8(10(13)14)5(12)4-15-6/h4,10H,2-3H2,1H3. The van der Waals surface area contributed by atoms with Crippen molar-refractivity contribution in [2.75, 3.05) is 6.61 Å². The van der Waals surface area contributed by atoms with Crippen LogP contribution >= 0.6 is 11.6 Å². The molecule has 0 bridgehead atoms. The van der Waals surface area contributed by atoms with Crippen molar-refractivity contribution < 1.29 is 22.7 Å². The molecule has 0 N–H and O–H groups in total. The van der Waals surface area contributed by atoms with Crippen molar-refractivity contribution >= 4 is 17.6 Å². The average molecular weight is 268 g/mol. The van der Waals surface area contributed by atoms with Crippen LogP contribution in [0.3, 0.4) is 0 Å². The molecule has 0 spiro atoms. The predicted octanol–water partition coefficient (Wildman–Crippen LogP) is 2.92. The first kappa shape index (κ1) is 13.8. The summed E-state index contributed by atoms with van der Waals surface area (Å²) >= 11 is 5.56. The van der Waals surface area contributed by atoms with Gasteiger partial charge in [-0.3, -0.25) is 9.78 Å². The van der Waals surface area contributed by atoms with Gasteiger partial charge in [0.25, 0.3) is 6.43 Å². The molecule has 0 atom stereocenters. The molecular formula is C10H9ClF3NO2. The van der Waals surface area contributed by atoms with Crippen molar-refractivity contribution in [2.45, 2.75) is 19.8 Å². The number of hydrogen-bond acceptors (Lipinski definition) is 3. The topological polar surface area (TPSA) is 39.2 Å². The molecule has 94 valence electrons. The Labute approximate surface area is 101 Å². The first-order valence-electron chi connectivity index (χ1n) is 4.73. The van der Waals surface area contributed by atoms with Gasteiger partial charge in [-0.1, -0.05) is 11.6 Å². The number of halogens is 4. The minimum absolute atomic E-state index is 0.123. The zero-order valence-electron chi connectivity index (χ0n) is 8.84. The van der Waals surface area contributed by atoms with Crippen molar-refractivity contribution in [2.24, 2.45) is 0 Å². The van der Waals surface area contributed by atoms with Gasteiger partial charge in [-0.15, -0.1) is 0 Å². The second kappa shape index (κ2) is 5.86. The lowest BCUT2D eigenvalue weighted by Gasteiger charge is -2.08. The monoisotopic (exact) mass is 267 g/mol. The average Bonchev–Trinajstić information content (AvgIpc) is 2.22. The molecule has 1 heterocycles. The van der Waals surface area contributed by atoms with Crippen molar-refractivity contribution in [1.29, 1.82) is 0 Å². The summed E-state index contributed by atoms with van der Waals surface area (Å²) in [4.78, 5) is 14.6. The van der Waals surface area contributed by atoms with Crippen molar-refractivity contribution in [3.05, 3.63) is 28.3 Å². The van der Waals surface area contributed by atoms with Gasteiger partial charge in [-0.25, -0.2) is 13.2 Å². The predicted molar refractivity (Wildman–Crippen MR) is 54.5 cm³/mol. The zero-order chi connectivity index (χ0) is 13.0. The lowest BCUT2D eigenvalue weighted by atomic mass is 10.2. The molecule has 0 radical (unpaired) electrons. The zero-order valence-corrected chi connectivity index (χ0v) is 9.60. The molecule has 0 fully saturated rings. The van der Waals surface area contributed by atoms with Gasteiger partial charge in [-0.2, -0.15) is 0 Å². The molecular weight excluding hydrogens is 259 g/mol. The molecule has 0 aliphatic rings. The van der Waals surface area contributed by atoms with Crippen LogP contribution < -0.4 is 0 Å². The minimum Gasteiger partial charge on any atom is -0.466 e. The van der Waals surface area contributed by atoms with Gasteiger partial charge in [0.1, 0.15) is 0 Å². The number of hydrogen-bond donors (Lipinski definition) is 0. The summed E-state index contributed by atoms with van der Waals surface area (Å²) in [5.41, 5.74) is -1.07. The summed E-state index contributed by atoms with van der Waals surface area (Å²) < 4.78 is 42.6. The number of aromatic nitrogens is 1. The van der Waals surface area contributed by atoms with Gasteiger partial charge in [-0.05, 0) is 6.92 Å². The molecule has 1 aromatic heterocycles. The number of ether oxygens (including phenoxy) is 1. The summed E-state index contributed by atoms with van der Waals surface area (Å²) in [5.74, 6) is -1.86. The Hall–Kier alpha value is -1.30. The lowest BCUT2D eigenvalue weighted by molar-refractivity contribution is -0.142. The van der Waals surface area contributed by atoms with Gasteiger partial charge in [0.05, 0.1) is 35.5 Å². The largest absolute Gasteiger partial charge is 0.466 e. The Morgan fingerprint density at radius 2 is 2.24 bits per heavy atom. The maximum absolute atomic E-state index is 13.0. The fourth-order valence-electron chi connectivity index (χ4n) is 1.19. The first-order chi connectivity index (χ1) is 7.97. The van der Waals surface area contributed by atoms with Gasteiger partial charge in [0.2, 0.25) is 0 Å². The number of esters is 1. The molecule has 0 saturated heterocycles. The van der Waals surface area contributed by atoms with E-state index in [1.165, 1.54) is 0 Å². The van der Waals surface area contributed by atoms with Crippen molar-refractivity contribution in [3.8, 4) is 0 Å². The van der Waals surface area contributed by atoms with E-state index in [1.807, 2.05) is 0 Å². The van der Waals surface area contributed by atoms with E-state index in [4.69, 9.17) is 11.6 Å². The summed E-state index contributed by atoms with van der Waals surface area (Å²) in [6.45, 7) is 1.75. The second-order valence-corrected chi connectivity index (χ2v) is 3.44. The Balaban J connectivity index is 3.02. The van der Waals surface area contributed by atoms with Crippen LogP contribution in [0.1, 0.15) is 24.6 Å². The van der Waals surface area contributed by atoms with Gasteiger partial charge >= 0.3 is 5.97 Å². The van der Waals surface area contributed by atoms with E-state index in [0.29, 0.717) is 6.20 Å². The fraction of sp³-hybridized carbons (Fsp3) is 0.400. The molecule has 0 amide bonds. The maximum Gasteiger partial charge on any atom is 0.311 e. The maximum atomic E-state index is 13.0. The quantitative estimate of drug-likeness (QED) is 0.788. The van der Waals surface area contributed by atoms with Crippen LogP contribution in [0.5, 0.6) is 0 Å². The highest BCUT2D eigenvalue weighted by atomic mass is 35.5. The minimum atomic E-state index is -3.06. The number of carbonyl (C=O) groups is 1. The molecule has 0 aromatic carbocycles. The fourth-order valence-corrected chi connectivity index (χ4v) is 1.48. The van der Waals surface area contributed by atoms with E-state index >= 15 is 0 Å². The third-order valence-corrected chi connectivity index (χ3v) is 2.34. The van der Waals surface area contributed by atoms with E-state index < -0.39 is 28.8 Å². The smallest absolute Gasteiger partial charge is 0.311 e. The molecule has 17 heavy (non-hydrogen) atoms. The van der Waals surface area contributed by atoms with E-state index in [-0.39, 0.29) is 18.7 Å². The molecule has 3 nitrogen and oxygen atoms in total. The van der Waals surface area contributed by atoms with Gasteiger partial charge in [0, 0.05) is 0 Å². The molecule has 0 saturated carbocycles. The highest BCUT2D eigenvalue weighted by Crippen LogP contribution is 2.31. The number of rotatable bonds is 4. The lowest BCUT2D eigenvalue weighted by Crippen LogP contribution is -2.10. The molecule has 0 unspecified atom stereocenters. The number of pyridine rings is 1. The first-order valence-corrected chi connectivity index (χ1v) is 5.11. The number of nitrogens with zero attached hydrogens (tertiary/aromatic N) is 1. The summed E-state index contributed by atoms with van der Waals surface area (Å²) in [6.07, 6.45) is -2.82. The SMILES string of the molecule is CCOC(=O)Cc1ncc(F)c(C(F)F)c1Cl. The molecule has 0 aliphatic heterocycles. The number of alkyl halides is 2. The van der Waals surface area contributed by atoms with E-state index in [2.05, 4.69) is 9.72 Å². The highest BCUT2D eigenvalue weighted by molar-refractivity contribution is 6.32. The van der Waals surface area contributed by atoms with Gasteiger partial charge < -0.3 is 4.74 Å². The second-order valence-electron chi connectivity index (χ2n) is 3.06. The van der Waals surface area contributed by atoms with Crippen LogP contribution in [0.2, 0.25) is 5.02 Å². The normalized spacial score (nSPS) is 10.7. The Morgan fingerprint density at radius 1 is 1.59 bits per heavy atom. The van der Waals surface area contributed by atoms with Crippen LogP contribution in [0.4, 0.5) is 13.2 Å². The third kappa shape index (κ3) is 3.33. The van der Waals surface area contributed by atoms with E-state index in [0.717, 1.165) is 0 Å². The Morgan fingerprint density at radius 3 is 2.76 bits per heavy atom. The summed E-state index contributed by atoms with van der Waals surface area (Å²) in [5, 5.41) is -0.534. The third-order valence-electron chi connectivity index (χ3n) is 1.92. The molecule has 1 aromatic rings. The Kier molecular flexibility index (Phi) is 4.74. The van der Waals surface area contributed by atoms with Crippen molar-refractivity contribution in [1.82, 2.24) is 4.98 Å². The summed E-state index contributed by atoms with van der Waals surface area (Å²) in [6, 6.07) is 0. The van der Waals surface area contributed by atoms with E-state index in [9.17, 15) is 18.0 Å². The molecule has 1 rings (SSSR count). The van der Waals surface area contributed by atoms with E-state index in [1.54, 1.807) is 6.92 Å². The Bertz CT molecular complexity index is 426. The van der Waals surface area contributed by atoms with Gasteiger partial charge in [0.15, 0.2) is 5.82 Å². The molecule has 0 aliphatic carbocycles. The highest BCUT2D eigenvalue weighted by Gasteiger charge is 2.22. The van der Waals surface area contributed by atoms with Crippen LogP contribution in [0, 0.1) is 5.82 Å². The number of carbonyl (C=O) groups excluding carboxylic acids is 1. The summed E-state index contributed by atoms with van der Waals surface area (Å²) in [7, 11) is 0. The molecule has 7 heteroatoms. The van der Waals surface area contributed by atoms with Crippen LogP contribution in [0.15, 0.2) is 6.20 Å². The van der Waals surface area contributed by atoms with Crippen molar-refractivity contribution in [3.63, 3.8) is 0 Å². The van der Waals surface area contributed by atoms with Crippen LogP contribution in [-0.2, 0) is 16.0 Å².